The van der Waals surface area contributed by atoms with Crippen LogP contribution in [0.2, 0.25) is 0 Å². The Kier molecular flexibility index (Phi) is 2.77. The third-order valence-electron chi connectivity index (χ3n) is 3.01. The van der Waals surface area contributed by atoms with Crippen LogP contribution in [-0.2, 0) is 0 Å². The lowest BCUT2D eigenvalue weighted by Crippen LogP contribution is -2.32. The molecule has 0 spiro atoms. The Morgan fingerprint density at radius 3 is 3.13 bits per heavy atom. The number of nitrogens with zero attached hydrogens (tertiary/aromatic N) is 2. The maximum atomic E-state index is 9.22. The summed E-state index contributed by atoms with van der Waals surface area (Å²) in [6.45, 7) is 3.09. The number of nitrogens with two attached hydrogens (primary N) is 1. The second kappa shape index (κ2) is 4.06. The molecule has 1 fully saturated rings. The second-order valence-electron chi connectivity index (χ2n) is 4.07. The summed E-state index contributed by atoms with van der Waals surface area (Å²) in [4.78, 5) is 6.49. The molecule has 4 heteroatoms. The van der Waals surface area contributed by atoms with Crippen LogP contribution in [0.5, 0.6) is 0 Å². The highest BCUT2D eigenvalue weighted by Gasteiger charge is 2.24. The second-order valence-corrected chi connectivity index (χ2v) is 4.07. The average molecular weight is 207 g/mol. The molecule has 0 aromatic carbocycles. The molecule has 4 nitrogen and oxygen atoms in total. The Labute approximate surface area is 89.7 Å². The smallest absolute Gasteiger partial charge is 0.130 e. The average Bonchev–Trinajstić information content (AvgIpc) is 2.70. The lowest BCUT2D eigenvalue weighted by atomic mass is 10.2. The van der Waals surface area contributed by atoms with Crippen molar-refractivity contribution in [1.82, 2.24) is 4.98 Å². The molecular formula is C11H17N3O. The zero-order valence-electron chi connectivity index (χ0n) is 8.98. The number of rotatable bonds is 2. The van der Waals surface area contributed by atoms with Crippen molar-refractivity contribution < 1.29 is 5.11 Å². The predicted octanol–water partition coefficient (Wildman–Crippen LogP) is 0.933. The number of pyridine rings is 1. The van der Waals surface area contributed by atoms with Crippen molar-refractivity contribution in [3.05, 3.63) is 17.8 Å². The van der Waals surface area contributed by atoms with Gasteiger partial charge >= 0.3 is 0 Å². The molecule has 0 bridgehead atoms. The fourth-order valence-electron chi connectivity index (χ4n) is 2.01. The van der Waals surface area contributed by atoms with Crippen LogP contribution in [0.25, 0.3) is 0 Å². The van der Waals surface area contributed by atoms with Crippen molar-refractivity contribution in [1.29, 1.82) is 0 Å². The van der Waals surface area contributed by atoms with E-state index >= 15 is 0 Å². The van der Waals surface area contributed by atoms with Gasteiger partial charge < -0.3 is 15.7 Å². The molecule has 82 valence electrons. The van der Waals surface area contributed by atoms with Crippen LogP contribution in [0.15, 0.2) is 12.3 Å². The largest absolute Gasteiger partial charge is 0.398 e. The molecule has 0 amide bonds. The van der Waals surface area contributed by atoms with Crippen molar-refractivity contribution >= 4 is 11.5 Å². The number of anilines is 2. The quantitative estimate of drug-likeness (QED) is 0.757. The molecular weight excluding hydrogens is 190 g/mol. The Balaban J connectivity index is 2.25. The molecule has 0 saturated carbocycles. The molecule has 2 rings (SSSR count). The van der Waals surface area contributed by atoms with Crippen LogP contribution in [0, 0.1) is 6.92 Å². The number of aryl methyl sites for hydroxylation is 1. The van der Waals surface area contributed by atoms with Gasteiger partial charge in [-0.3, -0.25) is 0 Å². The SMILES string of the molecule is Cc1cnc(N2CCCC2CO)cc1N. The van der Waals surface area contributed by atoms with E-state index in [0.29, 0.717) is 0 Å². The highest BCUT2D eigenvalue weighted by molar-refractivity contribution is 5.55. The van der Waals surface area contributed by atoms with E-state index < -0.39 is 0 Å². The van der Waals surface area contributed by atoms with Gasteiger partial charge in [0.1, 0.15) is 5.82 Å². The summed E-state index contributed by atoms with van der Waals surface area (Å²) >= 11 is 0. The summed E-state index contributed by atoms with van der Waals surface area (Å²) < 4.78 is 0. The van der Waals surface area contributed by atoms with Crippen molar-refractivity contribution in [2.24, 2.45) is 0 Å². The van der Waals surface area contributed by atoms with Gasteiger partial charge in [0.15, 0.2) is 0 Å². The highest BCUT2D eigenvalue weighted by atomic mass is 16.3. The number of aliphatic hydroxyl groups is 1. The molecule has 1 aromatic rings. The van der Waals surface area contributed by atoms with Gasteiger partial charge in [-0.2, -0.15) is 0 Å². The summed E-state index contributed by atoms with van der Waals surface area (Å²) in [6, 6.07) is 2.10. The summed E-state index contributed by atoms with van der Waals surface area (Å²) in [5.41, 5.74) is 7.61. The standard InChI is InChI=1S/C11H17N3O/c1-8-6-13-11(5-10(8)12)14-4-2-3-9(14)7-15/h5-6,9,15H,2-4,7H2,1H3,(H2,12,13). The molecule has 0 radical (unpaired) electrons. The van der Waals surface area contributed by atoms with Gasteiger partial charge in [-0.05, 0) is 25.3 Å². The molecule has 1 aliphatic heterocycles. The summed E-state index contributed by atoms with van der Waals surface area (Å²) in [5.74, 6) is 0.884. The van der Waals surface area contributed by atoms with Gasteiger partial charge in [0.25, 0.3) is 0 Å². The van der Waals surface area contributed by atoms with Gasteiger partial charge in [0.05, 0.1) is 12.6 Å². The third-order valence-corrected chi connectivity index (χ3v) is 3.01. The molecule has 1 atom stereocenters. The zero-order chi connectivity index (χ0) is 10.8. The normalized spacial score (nSPS) is 20.9. The maximum Gasteiger partial charge on any atom is 0.130 e. The van der Waals surface area contributed by atoms with E-state index in [1.165, 1.54) is 0 Å². The highest BCUT2D eigenvalue weighted by Crippen LogP contribution is 2.25. The van der Waals surface area contributed by atoms with E-state index in [-0.39, 0.29) is 12.6 Å². The first-order valence-corrected chi connectivity index (χ1v) is 5.32. The van der Waals surface area contributed by atoms with E-state index in [1.807, 2.05) is 13.0 Å². The fraction of sp³-hybridized carbons (Fsp3) is 0.545. The van der Waals surface area contributed by atoms with E-state index in [2.05, 4.69) is 9.88 Å². The van der Waals surface area contributed by atoms with Gasteiger partial charge in [0, 0.05) is 24.5 Å². The topological polar surface area (TPSA) is 62.4 Å². The number of aromatic nitrogens is 1. The monoisotopic (exact) mass is 207 g/mol. The van der Waals surface area contributed by atoms with E-state index in [0.717, 1.165) is 36.5 Å². The number of hydrogen-bond acceptors (Lipinski definition) is 4. The molecule has 1 saturated heterocycles. The summed E-state index contributed by atoms with van der Waals surface area (Å²) in [6.07, 6.45) is 3.93. The Bertz CT molecular complexity index is 354. The first-order valence-electron chi connectivity index (χ1n) is 5.32. The van der Waals surface area contributed by atoms with Crippen molar-refractivity contribution in [3.8, 4) is 0 Å². The Hall–Kier alpha value is -1.29. The lowest BCUT2D eigenvalue weighted by molar-refractivity contribution is 0.266. The fourth-order valence-corrected chi connectivity index (χ4v) is 2.01. The zero-order valence-corrected chi connectivity index (χ0v) is 8.98. The van der Waals surface area contributed by atoms with Crippen LogP contribution < -0.4 is 10.6 Å². The van der Waals surface area contributed by atoms with Gasteiger partial charge in [-0.25, -0.2) is 4.98 Å². The van der Waals surface area contributed by atoms with Crippen LogP contribution in [0.3, 0.4) is 0 Å². The number of aliphatic hydroxyl groups excluding tert-OH is 1. The summed E-state index contributed by atoms with van der Waals surface area (Å²) in [5, 5.41) is 9.22. The van der Waals surface area contributed by atoms with Crippen LogP contribution in [0.4, 0.5) is 11.5 Å². The summed E-state index contributed by atoms with van der Waals surface area (Å²) in [7, 11) is 0. The van der Waals surface area contributed by atoms with Crippen LogP contribution >= 0.6 is 0 Å². The number of nitrogen functional groups attached to an aromatic ring is 1. The molecule has 3 N–H and O–H groups in total. The molecule has 2 heterocycles. The van der Waals surface area contributed by atoms with Gasteiger partial charge in [0.2, 0.25) is 0 Å². The lowest BCUT2D eigenvalue weighted by Gasteiger charge is -2.24. The maximum absolute atomic E-state index is 9.22. The van der Waals surface area contributed by atoms with Crippen LogP contribution in [-0.4, -0.2) is 29.3 Å². The molecule has 15 heavy (non-hydrogen) atoms. The predicted molar refractivity (Wildman–Crippen MR) is 60.8 cm³/mol. The Morgan fingerprint density at radius 1 is 1.67 bits per heavy atom. The molecule has 1 aliphatic rings. The molecule has 1 aromatic heterocycles. The molecule has 0 aliphatic carbocycles. The minimum absolute atomic E-state index is 0.190. The first kappa shape index (κ1) is 10.2. The van der Waals surface area contributed by atoms with E-state index in [4.69, 9.17) is 5.73 Å². The van der Waals surface area contributed by atoms with E-state index in [9.17, 15) is 5.11 Å². The van der Waals surface area contributed by atoms with Gasteiger partial charge in [-0.1, -0.05) is 0 Å². The Morgan fingerprint density at radius 2 is 2.47 bits per heavy atom. The van der Waals surface area contributed by atoms with Gasteiger partial charge in [-0.15, -0.1) is 0 Å². The van der Waals surface area contributed by atoms with Crippen molar-refractivity contribution in [2.45, 2.75) is 25.8 Å². The molecule has 1 unspecified atom stereocenters. The minimum atomic E-state index is 0.190. The van der Waals surface area contributed by atoms with E-state index in [1.54, 1.807) is 6.20 Å². The van der Waals surface area contributed by atoms with Crippen LogP contribution in [0.1, 0.15) is 18.4 Å². The number of hydrogen-bond donors (Lipinski definition) is 2. The van der Waals surface area contributed by atoms with Crippen molar-refractivity contribution in [3.63, 3.8) is 0 Å². The third kappa shape index (κ3) is 1.90. The first-order chi connectivity index (χ1) is 7.22. The van der Waals surface area contributed by atoms with Crippen molar-refractivity contribution in [2.75, 3.05) is 23.8 Å². The minimum Gasteiger partial charge on any atom is -0.398 e.